The first-order valence-corrected chi connectivity index (χ1v) is 17.9. The van der Waals surface area contributed by atoms with Crippen molar-refractivity contribution in [1.82, 2.24) is 0 Å². The molecule has 1 aliphatic rings. The summed E-state index contributed by atoms with van der Waals surface area (Å²) in [6, 6.07) is 17.2. The summed E-state index contributed by atoms with van der Waals surface area (Å²) >= 11 is 13.4. The molecule has 0 saturated heterocycles. The van der Waals surface area contributed by atoms with E-state index in [0.717, 1.165) is 17.7 Å². The molecule has 0 radical (unpaired) electrons. The zero-order valence-corrected chi connectivity index (χ0v) is 27.1. The summed E-state index contributed by atoms with van der Waals surface area (Å²) in [6.07, 6.45) is 0.612. The minimum atomic E-state index is -4.02. The summed E-state index contributed by atoms with van der Waals surface area (Å²) in [5.74, 6) is -0.437. The Bertz CT molecular complexity index is 1790. The molecule has 14 heteroatoms. The largest absolute Gasteiger partial charge is 0.611 e. The lowest BCUT2D eigenvalue weighted by Gasteiger charge is -2.24. The van der Waals surface area contributed by atoms with Crippen molar-refractivity contribution in [3.05, 3.63) is 110 Å². The van der Waals surface area contributed by atoms with Crippen LogP contribution in [0.25, 0.3) is 11.1 Å². The van der Waals surface area contributed by atoms with Crippen molar-refractivity contribution in [2.24, 2.45) is 0 Å². The summed E-state index contributed by atoms with van der Waals surface area (Å²) in [6.45, 7) is -2.13. The Morgan fingerprint density at radius 1 is 0.977 bits per heavy atom. The lowest BCUT2D eigenvalue weighted by atomic mass is 10.0. The molecule has 0 aromatic heterocycles. The maximum absolute atomic E-state index is 13.6. The number of rotatable bonds is 11. The first kappa shape index (κ1) is 31.4. The van der Waals surface area contributed by atoms with E-state index in [0.29, 0.717) is 38.2 Å². The third kappa shape index (κ3) is 6.74. The van der Waals surface area contributed by atoms with Crippen LogP contribution >= 0.6 is 34.2 Å². The highest BCUT2D eigenvalue weighted by molar-refractivity contribution is 9.10. The molecule has 0 aliphatic heterocycles. The van der Waals surface area contributed by atoms with Gasteiger partial charge in [-0.15, -0.1) is 11.6 Å². The molecule has 2 unspecified atom stereocenters. The molecule has 222 valence electrons. The van der Waals surface area contributed by atoms with E-state index in [9.17, 15) is 23.9 Å². The highest BCUT2D eigenvalue weighted by Gasteiger charge is 2.37. The van der Waals surface area contributed by atoms with Gasteiger partial charge < -0.3 is 18.1 Å². The SMILES string of the molecule is CCC[S+]([O-])c1cc(OP(=S)(Oc2ccc(F)cc2)Oc2ccc(Br)cc2[N+](=O)[O-])cc2c1-c1ccc(CCl)cc1C2=O. The Kier molecular flexibility index (Phi) is 9.46. The van der Waals surface area contributed by atoms with Gasteiger partial charge in [-0.25, -0.2) is 4.39 Å². The molecular formula is C29H21BrClFNO7PS2. The molecule has 1 aliphatic carbocycles. The maximum Gasteiger partial charge on any atom is 0.490 e. The lowest BCUT2D eigenvalue weighted by molar-refractivity contribution is -0.385. The van der Waals surface area contributed by atoms with Crippen molar-refractivity contribution in [3.8, 4) is 28.4 Å². The van der Waals surface area contributed by atoms with Crippen molar-refractivity contribution in [2.75, 3.05) is 5.75 Å². The van der Waals surface area contributed by atoms with Crippen molar-refractivity contribution in [2.45, 2.75) is 24.1 Å². The molecule has 0 amide bonds. The van der Waals surface area contributed by atoms with Crippen molar-refractivity contribution in [3.63, 3.8) is 0 Å². The molecule has 2 atom stereocenters. The summed E-state index contributed by atoms with van der Waals surface area (Å²) in [5, 5.41) is 11.8. The average molecular weight is 725 g/mol. The Hall–Kier alpha value is -2.99. The van der Waals surface area contributed by atoms with Crippen LogP contribution in [0.5, 0.6) is 17.2 Å². The third-order valence-electron chi connectivity index (χ3n) is 6.28. The van der Waals surface area contributed by atoms with E-state index >= 15 is 0 Å². The second-order valence-electron chi connectivity index (χ2n) is 9.28. The lowest BCUT2D eigenvalue weighted by Crippen LogP contribution is -2.11. The standard InChI is InChI=1S/C29H21BrClFNO7PS2/c1-2-11-43(37)27-15-21(14-24-28(27)22-9-3-17(16-31)12-23(22)29(24)34)39-41(42,38-20-7-5-19(32)6-8-20)40-26-10-4-18(30)13-25(26)33(35)36/h3-10,12-15H,2,11,16H2,1H3. The molecule has 4 aromatic rings. The van der Waals surface area contributed by atoms with Gasteiger partial charge in [0.15, 0.2) is 10.7 Å². The molecular weight excluding hydrogens is 704 g/mol. The van der Waals surface area contributed by atoms with Crippen LogP contribution in [0.3, 0.4) is 0 Å². The quantitative estimate of drug-likeness (QED) is 0.0437. The molecule has 4 aromatic carbocycles. The number of fused-ring (bicyclic) bond motifs is 3. The fraction of sp³-hybridized carbons (Fsp3) is 0.138. The van der Waals surface area contributed by atoms with Gasteiger partial charge in [-0.3, -0.25) is 14.9 Å². The molecule has 0 N–H and O–H groups in total. The fourth-order valence-electron chi connectivity index (χ4n) is 4.44. The molecule has 0 fully saturated rings. The predicted octanol–water partition coefficient (Wildman–Crippen LogP) is 8.73. The smallest absolute Gasteiger partial charge is 0.490 e. The van der Waals surface area contributed by atoms with Gasteiger partial charge in [-0.2, -0.15) is 0 Å². The maximum atomic E-state index is 13.6. The van der Waals surface area contributed by atoms with E-state index in [2.05, 4.69) is 15.9 Å². The van der Waals surface area contributed by atoms with E-state index < -0.39 is 34.3 Å². The molecule has 43 heavy (non-hydrogen) atoms. The highest BCUT2D eigenvalue weighted by Crippen LogP contribution is 2.53. The normalized spacial score (nSPS) is 13.9. The number of alkyl halides is 1. The van der Waals surface area contributed by atoms with Crippen LogP contribution in [-0.4, -0.2) is 21.0 Å². The zero-order chi connectivity index (χ0) is 30.9. The number of nitrogens with zero attached hydrogens (tertiary/aromatic N) is 1. The Morgan fingerprint density at radius 2 is 1.70 bits per heavy atom. The number of nitro benzene ring substituents is 1. The predicted molar refractivity (Wildman–Crippen MR) is 170 cm³/mol. The van der Waals surface area contributed by atoms with E-state index in [1.165, 1.54) is 42.5 Å². The fourth-order valence-corrected chi connectivity index (χ4v) is 8.25. The molecule has 0 bridgehead atoms. The van der Waals surface area contributed by atoms with Gasteiger partial charge in [0, 0.05) is 51.0 Å². The first-order chi connectivity index (χ1) is 20.5. The minimum Gasteiger partial charge on any atom is -0.611 e. The number of benzene rings is 4. The Morgan fingerprint density at radius 3 is 2.37 bits per heavy atom. The van der Waals surface area contributed by atoms with E-state index in [-0.39, 0.29) is 34.5 Å². The second-order valence-corrected chi connectivity index (χ2v) is 14.8. The summed E-state index contributed by atoms with van der Waals surface area (Å²) in [7, 11) is 0. The van der Waals surface area contributed by atoms with Gasteiger partial charge in [-0.1, -0.05) is 35.0 Å². The molecule has 0 saturated carbocycles. The monoisotopic (exact) mass is 723 g/mol. The number of hydrogen-bond donors (Lipinski definition) is 0. The van der Waals surface area contributed by atoms with Crippen LogP contribution in [0.1, 0.15) is 34.8 Å². The van der Waals surface area contributed by atoms with Gasteiger partial charge in [0.25, 0.3) is 0 Å². The summed E-state index contributed by atoms with van der Waals surface area (Å²) in [5.41, 5.74) is 2.16. The number of nitro groups is 1. The molecule has 8 nitrogen and oxygen atoms in total. The Balaban J connectivity index is 1.62. The third-order valence-corrected chi connectivity index (χ3v) is 10.6. The number of halogens is 3. The zero-order valence-electron chi connectivity index (χ0n) is 22.3. The van der Waals surface area contributed by atoms with Crippen LogP contribution in [0.2, 0.25) is 0 Å². The van der Waals surface area contributed by atoms with Gasteiger partial charge in [-0.05, 0) is 77.3 Å². The number of carbonyl (C=O) groups excluding carboxylic acids is 1. The second kappa shape index (κ2) is 12.9. The van der Waals surface area contributed by atoms with Crippen LogP contribution in [-0.2, 0) is 28.9 Å². The number of hydrogen-bond acceptors (Lipinski definition) is 8. The van der Waals surface area contributed by atoms with Crippen LogP contribution in [0.4, 0.5) is 10.1 Å². The number of carbonyl (C=O) groups is 1. The van der Waals surface area contributed by atoms with E-state index in [1.807, 2.05) is 6.92 Å². The van der Waals surface area contributed by atoms with Crippen LogP contribution < -0.4 is 13.6 Å². The van der Waals surface area contributed by atoms with Crippen molar-refractivity contribution >= 4 is 68.7 Å². The minimum absolute atomic E-state index is 0.0159. The van der Waals surface area contributed by atoms with Gasteiger partial charge in [0.1, 0.15) is 23.1 Å². The van der Waals surface area contributed by atoms with Gasteiger partial charge in [0.2, 0.25) is 5.75 Å². The first-order valence-electron chi connectivity index (χ1n) is 12.7. The Labute approximate surface area is 267 Å². The highest BCUT2D eigenvalue weighted by atomic mass is 79.9. The number of ketones is 1. The molecule has 0 spiro atoms. The van der Waals surface area contributed by atoms with Gasteiger partial charge in [0.05, 0.1) is 4.92 Å². The van der Waals surface area contributed by atoms with Gasteiger partial charge >= 0.3 is 12.4 Å². The van der Waals surface area contributed by atoms with Crippen molar-refractivity contribution in [1.29, 1.82) is 0 Å². The van der Waals surface area contributed by atoms with Crippen LogP contribution in [0, 0.1) is 15.9 Å². The topological polar surface area (TPSA) is 111 Å². The molecule has 0 heterocycles. The van der Waals surface area contributed by atoms with Crippen LogP contribution in [0.15, 0.2) is 82.2 Å². The van der Waals surface area contributed by atoms with Crippen molar-refractivity contribution < 1.29 is 32.2 Å². The van der Waals surface area contributed by atoms with E-state index in [1.54, 1.807) is 18.2 Å². The van der Waals surface area contributed by atoms with E-state index in [4.69, 9.17) is 37.0 Å². The summed E-state index contributed by atoms with van der Waals surface area (Å²) < 4.78 is 45.5. The average Bonchev–Trinajstić information content (AvgIpc) is 3.25. The molecule has 5 rings (SSSR count). The summed E-state index contributed by atoms with van der Waals surface area (Å²) in [4.78, 5) is 25.1.